The lowest BCUT2D eigenvalue weighted by atomic mass is 9.88. The first kappa shape index (κ1) is 17.6. The molecule has 1 aliphatic heterocycles. The summed E-state index contributed by atoms with van der Waals surface area (Å²) in [5, 5.41) is 0. The third kappa shape index (κ3) is 4.06. The Labute approximate surface area is 143 Å². The summed E-state index contributed by atoms with van der Waals surface area (Å²) in [5.41, 5.74) is -0.0368. The van der Waals surface area contributed by atoms with Gasteiger partial charge >= 0.3 is 5.97 Å². The average molecular weight is 336 g/mol. The number of esters is 1. The molecular formula is C19H28O5. The molecular weight excluding hydrogens is 308 g/mol. The van der Waals surface area contributed by atoms with E-state index in [0.717, 1.165) is 12.8 Å². The second kappa shape index (κ2) is 6.60. The van der Waals surface area contributed by atoms with Crippen LogP contribution in [0.25, 0.3) is 0 Å². The van der Waals surface area contributed by atoms with E-state index in [1.165, 1.54) is 0 Å². The quantitative estimate of drug-likeness (QED) is 0.551. The molecule has 0 spiro atoms. The van der Waals surface area contributed by atoms with Crippen LogP contribution in [-0.4, -0.2) is 37.4 Å². The van der Waals surface area contributed by atoms with Crippen LogP contribution >= 0.6 is 0 Å². The van der Waals surface area contributed by atoms with Crippen molar-refractivity contribution in [2.75, 3.05) is 19.8 Å². The van der Waals surface area contributed by atoms with Crippen molar-refractivity contribution in [3.63, 3.8) is 0 Å². The molecule has 1 saturated heterocycles. The number of rotatable bonds is 6. The zero-order valence-electron chi connectivity index (χ0n) is 14.9. The number of carbonyl (C=O) groups is 2. The summed E-state index contributed by atoms with van der Waals surface area (Å²) < 4.78 is 16.6. The van der Waals surface area contributed by atoms with Crippen molar-refractivity contribution in [2.45, 2.75) is 52.2 Å². The van der Waals surface area contributed by atoms with Crippen LogP contribution in [0.4, 0.5) is 0 Å². The fourth-order valence-electron chi connectivity index (χ4n) is 3.80. The van der Waals surface area contributed by atoms with Gasteiger partial charge in [0.2, 0.25) is 0 Å². The first-order chi connectivity index (χ1) is 11.3. The van der Waals surface area contributed by atoms with Crippen LogP contribution in [0.15, 0.2) is 12.2 Å². The largest absolute Gasteiger partial charge is 0.465 e. The van der Waals surface area contributed by atoms with E-state index >= 15 is 0 Å². The van der Waals surface area contributed by atoms with Crippen LogP contribution in [-0.2, 0) is 23.8 Å². The number of hydrogen-bond acceptors (Lipinski definition) is 5. The molecule has 0 amide bonds. The van der Waals surface area contributed by atoms with E-state index in [-0.39, 0.29) is 36.1 Å². The molecule has 2 bridgehead atoms. The van der Waals surface area contributed by atoms with Crippen molar-refractivity contribution in [1.82, 2.24) is 0 Å². The highest BCUT2D eigenvalue weighted by atomic mass is 16.7. The van der Waals surface area contributed by atoms with Gasteiger partial charge in [0.05, 0.1) is 26.2 Å². The SMILES string of the molecule is CC1(C)COC(C)(CC(=O)OCCC(=O)C2CC3C=CC2C3)OC1. The van der Waals surface area contributed by atoms with Gasteiger partial charge in [0.15, 0.2) is 5.79 Å². The molecule has 0 aromatic carbocycles. The van der Waals surface area contributed by atoms with Gasteiger partial charge in [-0.05, 0) is 31.6 Å². The minimum absolute atomic E-state index is 0.0368. The maximum absolute atomic E-state index is 12.3. The third-order valence-electron chi connectivity index (χ3n) is 5.31. The number of carbonyl (C=O) groups excluding carboxylic acids is 2. The van der Waals surface area contributed by atoms with Gasteiger partial charge in [-0.3, -0.25) is 9.59 Å². The monoisotopic (exact) mass is 336 g/mol. The van der Waals surface area contributed by atoms with Gasteiger partial charge in [-0.25, -0.2) is 0 Å². The fraction of sp³-hybridized carbons (Fsp3) is 0.789. The van der Waals surface area contributed by atoms with Crippen LogP contribution in [0, 0.1) is 23.2 Å². The molecule has 0 aromatic heterocycles. The Bertz CT molecular complexity index is 526. The van der Waals surface area contributed by atoms with Crippen LogP contribution in [0.3, 0.4) is 0 Å². The summed E-state index contributed by atoms with van der Waals surface area (Å²) in [7, 11) is 0. The molecule has 1 heterocycles. The Kier molecular flexibility index (Phi) is 4.85. The van der Waals surface area contributed by atoms with Crippen LogP contribution in [0.1, 0.15) is 46.5 Å². The summed E-state index contributed by atoms with van der Waals surface area (Å²) >= 11 is 0. The summed E-state index contributed by atoms with van der Waals surface area (Å²) in [5.74, 6) is 0.0336. The lowest BCUT2D eigenvalue weighted by molar-refractivity contribution is -0.290. The van der Waals surface area contributed by atoms with Crippen molar-refractivity contribution >= 4 is 11.8 Å². The topological polar surface area (TPSA) is 61.8 Å². The van der Waals surface area contributed by atoms with E-state index in [9.17, 15) is 9.59 Å². The lowest BCUT2D eigenvalue weighted by Crippen LogP contribution is -2.46. The molecule has 1 saturated carbocycles. The van der Waals surface area contributed by atoms with E-state index < -0.39 is 5.79 Å². The first-order valence-corrected chi connectivity index (χ1v) is 8.91. The van der Waals surface area contributed by atoms with Gasteiger partial charge in [-0.2, -0.15) is 0 Å². The van der Waals surface area contributed by atoms with Gasteiger partial charge in [0, 0.05) is 17.8 Å². The summed E-state index contributed by atoms with van der Waals surface area (Å²) in [6.07, 6.45) is 6.82. The van der Waals surface area contributed by atoms with E-state index in [0.29, 0.717) is 31.5 Å². The van der Waals surface area contributed by atoms with E-state index in [4.69, 9.17) is 14.2 Å². The van der Waals surface area contributed by atoms with E-state index in [1.54, 1.807) is 6.92 Å². The minimum Gasteiger partial charge on any atom is -0.465 e. The van der Waals surface area contributed by atoms with Crippen molar-refractivity contribution < 1.29 is 23.8 Å². The fourth-order valence-corrected chi connectivity index (χ4v) is 3.80. The maximum atomic E-state index is 12.3. The Balaban J connectivity index is 1.37. The lowest BCUT2D eigenvalue weighted by Gasteiger charge is -2.40. The highest BCUT2D eigenvalue weighted by Crippen LogP contribution is 2.44. The zero-order chi connectivity index (χ0) is 17.4. The second-order valence-electron chi connectivity index (χ2n) is 8.38. The van der Waals surface area contributed by atoms with Crippen molar-refractivity contribution in [3.05, 3.63) is 12.2 Å². The first-order valence-electron chi connectivity index (χ1n) is 8.91. The Morgan fingerprint density at radius 1 is 1.12 bits per heavy atom. The number of ether oxygens (including phenoxy) is 3. The predicted molar refractivity (Wildman–Crippen MR) is 88.1 cm³/mol. The zero-order valence-corrected chi connectivity index (χ0v) is 14.9. The molecule has 2 aliphatic carbocycles. The molecule has 2 fully saturated rings. The molecule has 5 nitrogen and oxygen atoms in total. The predicted octanol–water partition coefficient (Wildman–Crippen LogP) is 2.88. The molecule has 24 heavy (non-hydrogen) atoms. The van der Waals surface area contributed by atoms with E-state index in [1.807, 2.05) is 0 Å². The van der Waals surface area contributed by atoms with Crippen LogP contribution in [0.5, 0.6) is 0 Å². The molecule has 0 radical (unpaired) electrons. The van der Waals surface area contributed by atoms with Gasteiger partial charge in [0.25, 0.3) is 0 Å². The number of hydrogen-bond donors (Lipinski definition) is 0. The Morgan fingerprint density at radius 3 is 2.42 bits per heavy atom. The third-order valence-corrected chi connectivity index (χ3v) is 5.31. The van der Waals surface area contributed by atoms with Crippen molar-refractivity contribution in [3.8, 4) is 0 Å². The van der Waals surface area contributed by atoms with Gasteiger partial charge in [0.1, 0.15) is 5.78 Å². The van der Waals surface area contributed by atoms with Crippen LogP contribution in [0.2, 0.25) is 0 Å². The number of ketones is 1. The van der Waals surface area contributed by atoms with Crippen LogP contribution < -0.4 is 0 Å². The van der Waals surface area contributed by atoms with Gasteiger partial charge in [-0.15, -0.1) is 0 Å². The van der Waals surface area contributed by atoms with Crippen molar-refractivity contribution in [1.29, 1.82) is 0 Å². The highest BCUT2D eigenvalue weighted by molar-refractivity contribution is 5.82. The number of allylic oxidation sites excluding steroid dienone is 2. The molecule has 3 rings (SSSR count). The standard InChI is InChI=1S/C19H28O5/c1-18(2)11-23-19(3,24-12-18)10-17(21)22-7-6-16(20)15-9-13-4-5-14(15)8-13/h4-5,13-15H,6-12H2,1-3H3. The molecule has 3 aliphatic rings. The van der Waals surface area contributed by atoms with Gasteiger partial charge < -0.3 is 14.2 Å². The summed E-state index contributed by atoms with van der Waals surface area (Å²) in [4.78, 5) is 24.3. The Hall–Kier alpha value is -1.20. The molecule has 5 heteroatoms. The molecule has 134 valence electrons. The summed E-state index contributed by atoms with van der Waals surface area (Å²) in [6, 6.07) is 0. The molecule has 3 atom stereocenters. The molecule has 0 N–H and O–H groups in total. The Morgan fingerprint density at radius 2 is 1.83 bits per heavy atom. The summed E-state index contributed by atoms with van der Waals surface area (Å²) in [6.45, 7) is 7.12. The smallest absolute Gasteiger partial charge is 0.311 e. The maximum Gasteiger partial charge on any atom is 0.311 e. The average Bonchev–Trinajstić information content (AvgIpc) is 3.13. The number of fused-ring (bicyclic) bond motifs is 2. The van der Waals surface area contributed by atoms with Gasteiger partial charge in [-0.1, -0.05) is 26.0 Å². The molecule has 0 aromatic rings. The second-order valence-corrected chi connectivity index (χ2v) is 8.38. The van der Waals surface area contributed by atoms with Crippen molar-refractivity contribution in [2.24, 2.45) is 23.2 Å². The van der Waals surface area contributed by atoms with E-state index in [2.05, 4.69) is 26.0 Å². The molecule has 3 unspecified atom stereocenters. The number of Topliss-reactive ketones (excluding diaryl/α,β-unsaturated/α-hetero) is 1. The highest BCUT2D eigenvalue weighted by Gasteiger charge is 2.40. The minimum atomic E-state index is -0.925. The normalized spacial score (nSPS) is 32.7.